The summed E-state index contributed by atoms with van der Waals surface area (Å²) in [5, 5.41) is 0. The smallest absolute Gasteiger partial charge is 0.303 e. The van der Waals surface area contributed by atoms with Gasteiger partial charge in [0.25, 0.3) is 0 Å². The normalized spacial score (nSPS) is 12.6. The lowest BCUT2D eigenvalue weighted by atomic mass is 10.2. The van der Waals surface area contributed by atoms with Crippen LogP contribution in [0.25, 0.3) is 0 Å². The number of carbonyl (C=O) groups is 1. The maximum absolute atomic E-state index is 10.5. The zero-order chi connectivity index (χ0) is 9.40. The van der Waals surface area contributed by atoms with E-state index in [9.17, 15) is 4.79 Å². The molecule has 0 aliphatic heterocycles. The minimum Gasteiger partial charge on any atom is -0.452 e. The zero-order valence-electron chi connectivity index (χ0n) is 7.81. The van der Waals surface area contributed by atoms with Crippen LogP contribution in [0.15, 0.2) is 0 Å². The lowest BCUT2D eigenvalue weighted by Crippen LogP contribution is -2.08. The quantitative estimate of drug-likeness (QED) is 0.324. The Morgan fingerprint density at radius 3 is 2.58 bits per heavy atom. The van der Waals surface area contributed by atoms with Crippen LogP contribution in [0.1, 0.15) is 46.0 Å². The molecule has 0 aliphatic rings. The molecular formula is C9H17IO2. The predicted octanol–water partition coefficient (Wildman–Crippen LogP) is 3.28. The van der Waals surface area contributed by atoms with E-state index in [4.69, 9.17) is 4.74 Å². The molecule has 0 radical (unpaired) electrons. The number of esters is 1. The standard InChI is InChI=1S/C9H17IO2/c1-3-4-5-6-7-9(10)12-8(2)11/h9H,3-7H2,1-2H3. The Morgan fingerprint density at radius 1 is 1.42 bits per heavy atom. The second-order valence-corrected chi connectivity index (χ2v) is 4.26. The minimum atomic E-state index is -0.176. The van der Waals surface area contributed by atoms with Crippen LogP contribution >= 0.6 is 22.6 Å². The Bertz CT molecular complexity index is 126. The van der Waals surface area contributed by atoms with Crippen molar-refractivity contribution in [3.8, 4) is 0 Å². The highest BCUT2D eigenvalue weighted by Gasteiger charge is 2.05. The molecule has 1 unspecified atom stereocenters. The van der Waals surface area contributed by atoms with Gasteiger partial charge in [-0.3, -0.25) is 4.79 Å². The third-order valence-corrected chi connectivity index (χ3v) is 2.46. The Hall–Kier alpha value is 0.200. The molecule has 2 nitrogen and oxygen atoms in total. The van der Waals surface area contributed by atoms with Crippen LogP contribution in [0.3, 0.4) is 0 Å². The van der Waals surface area contributed by atoms with Gasteiger partial charge in [0.15, 0.2) is 4.11 Å². The van der Waals surface area contributed by atoms with Gasteiger partial charge in [-0.1, -0.05) is 26.2 Å². The molecule has 72 valence electrons. The van der Waals surface area contributed by atoms with Crippen LogP contribution in [0.5, 0.6) is 0 Å². The third kappa shape index (κ3) is 8.30. The van der Waals surface area contributed by atoms with E-state index in [2.05, 4.69) is 29.5 Å². The molecule has 0 aromatic carbocycles. The molecule has 0 saturated carbocycles. The molecule has 0 bridgehead atoms. The average molecular weight is 284 g/mol. The first-order valence-corrected chi connectivity index (χ1v) is 5.72. The highest BCUT2D eigenvalue weighted by Crippen LogP contribution is 2.13. The van der Waals surface area contributed by atoms with Gasteiger partial charge < -0.3 is 4.74 Å². The fraction of sp³-hybridized carbons (Fsp3) is 0.889. The summed E-state index contributed by atoms with van der Waals surface area (Å²) in [6.07, 6.45) is 5.93. The van der Waals surface area contributed by atoms with Gasteiger partial charge in [0.05, 0.1) is 0 Å². The summed E-state index contributed by atoms with van der Waals surface area (Å²) in [4.78, 5) is 10.5. The second-order valence-electron chi connectivity index (χ2n) is 2.87. The van der Waals surface area contributed by atoms with E-state index >= 15 is 0 Å². The molecule has 0 saturated heterocycles. The fourth-order valence-electron chi connectivity index (χ4n) is 0.971. The molecule has 0 aromatic heterocycles. The summed E-state index contributed by atoms with van der Waals surface area (Å²) < 4.78 is 5.04. The number of hydrogen-bond acceptors (Lipinski definition) is 2. The number of ether oxygens (including phenoxy) is 1. The van der Waals surface area contributed by atoms with Crippen LogP contribution < -0.4 is 0 Å². The summed E-state index contributed by atoms with van der Waals surface area (Å²) in [5.41, 5.74) is 0. The molecule has 0 rings (SSSR count). The first kappa shape index (κ1) is 12.2. The largest absolute Gasteiger partial charge is 0.452 e. The van der Waals surface area contributed by atoms with Crippen molar-refractivity contribution in [1.29, 1.82) is 0 Å². The van der Waals surface area contributed by atoms with E-state index in [0.717, 1.165) is 12.8 Å². The molecule has 0 aromatic rings. The minimum absolute atomic E-state index is 0.0666. The molecule has 1 atom stereocenters. The van der Waals surface area contributed by atoms with Crippen molar-refractivity contribution in [2.75, 3.05) is 0 Å². The summed E-state index contributed by atoms with van der Waals surface area (Å²) in [6, 6.07) is 0. The van der Waals surface area contributed by atoms with Gasteiger partial charge in [0.1, 0.15) is 0 Å². The molecule has 0 aliphatic carbocycles. The second kappa shape index (κ2) is 7.83. The first-order valence-electron chi connectivity index (χ1n) is 4.48. The Labute approximate surface area is 88.2 Å². The van der Waals surface area contributed by atoms with E-state index in [1.807, 2.05) is 0 Å². The van der Waals surface area contributed by atoms with Crippen molar-refractivity contribution in [3.63, 3.8) is 0 Å². The maximum Gasteiger partial charge on any atom is 0.303 e. The van der Waals surface area contributed by atoms with Crippen molar-refractivity contribution in [2.45, 2.75) is 50.1 Å². The predicted molar refractivity (Wildman–Crippen MR) is 58.3 cm³/mol. The van der Waals surface area contributed by atoms with Gasteiger partial charge >= 0.3 is 5.97 Å². The molecular weight excluding hydrogens is 267 g/mol. The number of halogens is 1. The van der Waals surface area contributed by atoms with Crippen molar-refractivity contribution in [3.05, 3.63) is 0 Å². The van der Waals surface area contributed by atoms with Crippen LogP contribution in [-0.4, -0.2) is 10.1 Å². The van der Waals surface area contributed by atoms with Crippen LogP contribution in [0.4, 0.5) is 0 Å². The number of hydrogen-bond donors (Lipinski definition) is 0. The van der Waals surface area contributed by atoms with Gasteiger partial charge in [-0.25, -0.2) is 0 Å². The van der Waals surface area contributed by atoms with E-state index in [-0.39, 0.29) is 10.1 Å². The lowest BCUT2D eigenvalue weighted by molar-refractivity contribution is -0.141. The number of unbranched alkanes of at least 4 members (excludes halogenated alkanes) is 3. The van der Waals surface area contributed by atoms with E-state index < -0.39 is 0 Å². The molecule has 0 N–H and O–H groups in total. The van der Waals surface area contributed by atoms with Crippen molar-refractivity contribution in [1.82, 2.24) is 0 Å². The van der Waals surface area contributed by atoms with E-state index in [1.54, 1.807) is 0 Å². The highest BCUT2D eigenvalue weighted by molar-refractivity contribution is 14.1. The fourth-order valence-corrected chi connectivity index (χ4v) is 1.77. The molecule has 3 heteroatoms. The van der Waals surface area contributed by atoms with Gasteiger partial charge in [-0.2, -0.15) is 0 Å². The van der Waals surface area contributed by atoms with Crippen LogP contribution in [-0.2, 0) is 9.53 Å². The monoisotopic (exact) mass is 284 g/mol. The lowest BCUT2D eigenvalue weighted by Gasteiger charge is -2.08. The average Bonchev–Trinajstić information content (AvgIpc) is 1.97. The topological polar surface area (TPSA) is 26.3 Å². The van der Waals surface area contributed by atoms with Gasteiger partial charge in [0, 0.05) is 6.92 Å². The number of rotatable bonds is 6. The maximum atomic E-state index is 10.5. The Morgan fingerprint density at radius 2 is 2.08 bits per heavy atom. The number of alkyl halides is 1. The third-order valence-electron chi connectivity index (χ3n) is 1.58. The Balaban J connectivity index is 3.19. The molecule has 0 fully saturated rings. The Kier molecular flexibility index (Phi) is 7.96. The molecule has 0 heterocycles. The van der Waals surface area contributed by atoms with E-state index in [1.165, 1.54) is 26.2 Å². The SMILES string of the molecule is CCCCCCC(I)OC(C)=O. The van der Waals surface area contributed by atoms with Gasteiger partial charge in [-0.15, -0.1) is 0 Å². The summed E-state index contributed by atoms with van der Waals surface area (Å²) in [5.74, 6) is -0.176. The molecule has 12 heavy (non-hydrogen) atoms. The summed E-state index contributed by atoms with van der Waals surface area (Å²) in [7, 11) is 0. The van der Waals surface area contributed by atoms with Crippen molar-refractivity contribution in [2.24, 2.45) is 0 Å². The number of carbonyl (C=O) groups excluding carboxylic acids is 1. The van der Waals surface area contributed by atoms with E-state index in [0.29, 0.717) is 0 Å². The molecule has 0 amide bonds. The van der Waals surface area contributed by atoms with Crippen LogP contribution in [0, 0.1) is 0 Å². The first-order chi connectivity index (χ1) is 5.66. The summed E-state index contributed by atoms with van der Waals surface area (Å²) in [6.45, 7) is 3.64. The van der Waals surface area contributed by atoms with Crippen molar-refractivity contribution >= 4 is 28.6 Å². The van der Waals surface area contributed by atoms with Gasteiger partial charge in [0.2, 0.25) is 0 Å². The highest BCUT2D eigenvalue weighted by atomic mass is 127. The van der Waals surface area contributed by atoms with Crippen LogP contribution in [0.2, 0.25) is 0 Å². The molecule has 0 spiro atoms. The summed E-state index contributed by atoms with van der Waals surface area (Å²) >= 11 is 2.17. The zero-order valence-corrected chi connectivity index (χ0v) is 9.96. The van der Waals surface area contributed by atoms with Gasteiger partial charge in [-0.05, 0) is 35.4 Å². The van der Waals surface area contributed by atoms with Crippen molar-refractivity contribution < 1.29 is 9.53 Å².